The number of carbonyl (C=O) groups is 3. The van der Waals surface area contributed by atoms with Gasteiger partial charge in [0, 0.05) is 13.3 Å². The first kappa shape index (κ1) is 19.9. The van der Waals surface area contributed by atoms with Crippen LogP contribution in [0.3, 0.4) is 0 Å². The Labute approximate surface area is 131 Å². The van der Waals surface area contributed by atoms with E-state index in [1.165, 1.54) is 14.0 Å². The highest BCUT2D eigenvalue weighted by atomic mass is 16.5. The Morgan fingerprint density at radius 2 is 1.82 bits per heavy atom. The summed E-state index contributed by atoms with van der Waals surface area (Å²) >= 11 is 0. The molecule has 0 spiro atoms. The van der Waals surface area contributed by atoms with Gasteiger partial charge >= 0.3 is 5.97 Å². The van der Waals surface area contributed by atoms with Gasteiger partial charge in [-0.15, -0.1) is 0 Å². The molecule has 2 amide bonds. The van der Waals surface area contributed by atoms with Crippen LogP contribution in [0.15, 0.2) is 0 Å². The van der Waals surface area contributed by atoms with Crippen molar-refractivity contribution in [1.29, 1.82) is 5.26 Å². The lowest BCUT2D eigenvalue weighted by molar-refractivity contribution is -0.145. The van der Waals surface area contributed by atoms with E-state index in [1.54, 1.807) is 13.8 Å². The molecule has 0 fully saturated rings. The van der Waals surface area contributed by atoms with Crippen molar-refractivity contribution >= 4 is 17.8 Å². The number of amides is 2. The Hall–Kier alpha value is -2.10. The van der Waals surface area contributed by atoms with Gasteiger partial charge in [-0.2, -0.15) is 5.26 Å². The molecule has 0 bridgehead atoms. The van der Waals surface area contributed by atoms with E-state index in [1.807, 2.05) is 6.07 Å². The van der Waals surface area contributed by atoms with Crippen LogP contribution in [-0.2, 0) is 19.1 Å². The quantitative estimate of drug-likeness (QED) is 0.485. The fourth-order valence-corrected chi connectivity index (χ4v) is 1.96. The SMILES string of the molecule is COC(=O)[C@H](CCCCC#N)NC(=O)[C@H](NC(C)=O)C(C)C. The monoisotopic (exact) mass is 311 g/mol. The number of esters is 1. The maximum absolute atomic E-state index is 12.3. The first-order valence-corrected chi connectivity index (χ1v) is 7.35. The molecule has 0 aromatic carbocycles. The molecule has 0 aromatic rings. The van der Waals surface area contributed by atoms with Crippen LogP contribution >= 0.6 is 0 Å². The van der Waals surface area contributed by atoms with E-state index in [9.17, 15) is 14.4 Å². The Morgan fingerprint density at radius 3 is 2.27 bits per heavy atom. The molecule has 2 atom stereocenters. The van der Waals surface area contributed by atoms with Gasteiger partial charge < -0.3 is 15.4 Å². The lowest BCUT2D eigenvalue weighted by Gasteiger charge is -2.24. The van der Waals surface area contributed by atoms with Gasteiger partial charge in [0.1, 0.15) is 12.1 Å². The molecular formula is C15H25N3O4. The maximum Gasteiger partial charge on any atom is 0.328 e. The maximum atomic E-state index is 12.3. The molecule has 7 heteroatoms. The number of nitrogens with one attached hydrogen (secondary N) is 2. The van der Waals surface area contributed by atoms with E-state index < -0.39 is 24.0 Å². The van der Waals surface area contributed by atoms with Crippen molar-refractivity contribution in [2.24, 2.45) is 5.92 Å². The molecule has 0 aliphatic rings. The molecule has 0 aliphatic carbocycles. The predicted molar refractivity (Wildman–Crippen MR) is 80.5 cm³/mol. The minimum Gasteiger partial charge on any atom is -0.467 e. The van der Waals surface area contributed by atoms with Crippen LogP contribution in [0.5, 0.6) is 0 Å². The van der Waals surface area contributed by atoms with Gasteiger partial charge in [-0.25, -0.2) is 4.79 Å². The molecule has 0 unspecified atom stereocenters. The summed E-state index contributed by atoms with van der Waals surface area (Å²) in [5, 5.41) is 13.7. The standard InChI is InChI=1S/C15H25N3O4/c1-10(2)13(17-11(3)19)14(20)18-12(15(21)22-4)8-6-5-7-9-16/h10,12-13H,5-8H2,1-4H3,(H,17,19)(H,18,20)/t12-,13+/m0/s1. The first-order chi connectivity index (χ1) is 10.3. The van der Waals surface area contributed by atoms with Gasteiger partial charge in [-0.1, -0.05) is 13.8 Å². The molecule has 2 N–H and O–H groups in total. The molecule has 0 saturated carbocycles. The summed E-state index contributed by atoms with van der Waals surface area (Å²) in [7, 11) is 1.25. The summed E-state index contributed by atoms with van der Waals surface area (Å²) in [4.78, 5) is 35.2. The zero-order chi connectivity index (χ0) is 17.1. The van der Waals surface area contributed by atoms with Crippen LogP contribution < -0.4 is 10.6 Å². The molecule has 0 heterocycles. The van der Waals surface area contributed by atoms with Crippen LogP contribution in [0.2, 0.25) is 0 Å². The number of nitrogens with zero attached hydrogens (tertiary/aromatic N) is 1. The number of ether oxygens (including phenoxy) is 1. The van der Waals surface area contributed by atoms with Crippen LogP contribution in [0, 0.1) is 17.2 Å². The zero-order valence-corrected chi connectivity index (χ0v) is 13.6. The first-order valence-electron chi connectivity index (χ1n) is 7.35. The van der Waals surface area contributed by atoms with E-state index in [2.05, 4.69) is 15.4 Å². The van der Waals surface area contributed by atoms with Gasteiger partial charge in [0.15, 0.2) is 0 Å². The van der Waals surface area contributed by atoms with Gasteiger partial charge in [-0.3, -0.25) is 9.59 Å². The summed E-state index contributed by atoms with van der Waals surface area (Å²) in [6, 6.07) is 0.552. The van der Waals surface area contributed by atoms with Crippen LogP contribution in [0.25, 0.3) is 0 Å². The lowest BCUT2D eigenvalue weighted by atomic mass is 10.0. The number of methoxy groups -OCH3 is 1. The van der Waals surface area contributed by atoms with Crippen LogP contribution in [0.1, 0.15) is 46.5 Å². The Kier molecular flexibility index (Phi) is 9.59. The van der Waals surface area contributed by atoms with E-state index >= 15 is 0 Å². The highest BCUT2D eigenvalue weighted by molar-refractivity contribution is 5.90. The molecular weight excluding hydrogens is 286 g/mol. The highest BCUT2D eigenvalue weighted by Gasteiger charge is 2.28. The average Bonchev–Trinajstić information content (AvgIpc) is 2.46. The molecule has 22 heavy (non-hydrogen) atoms. The number of hydrogen-bond acceptors (Lipinski definition) is 5. The Morgan fingerprint density at radius 1 is 1.18 bits per heavy atom. The summed E-state index contributed by atoms with van der Waals surface area (Å²) in [6.07, 6.45) is 2.08. The minimum absolute atomic E-state index is 0.110. The zero-order valence-electron chi connectivity index (χ0n) is 13.6. The summed E-state index contributed by atoms with van der Waals surface area (Å²) in [6.45, 7) is 4.95. The van der Waals surface area contributed by atoms with E-state index in [0.29, 0.717) is 25.7 Å². The fourth-order valence-electron chi connectivity index (χ4n) is 1.96. The van der Waals surface area contributed by atoms with Crippen LogP contribution in [0.4, 0.5) is 0 Å². The van der Waals surface area contributed by atoms with Gasteiger partial charge in [0.25, 0.3) is 0 Å². The molecule has 0 saturated heterocycles. The van der Waals surface area contributed by atoms with Crippen molar-refractivity contribution in [3.63, 3.8) is 0 Å². The lowest BCUT2D eigenvalue weighted by Crippen LogP contribution is -2.53. The minimum atomic E-state index is -0.772. The van der Waals surface area contributed by atoms with Crippen LogP contribution in [-0.4, -0.2) is 37.0 Å². The number of carbonyl (C=O) groups excluding carboxylic acids is 3. The van der Waals surface area contributed by atoms with Gasteiger partial charge in [0.2, 0.25) is 11.8 Å². The van der Waals surface area contributed by atoms with Gasteiger partial charge in [-0.05, 0) is 25.2 Å². The topological polar surface area (TPSA) is 108 Å². The van der Waals surface area contributed by atoms with Crippen molar-refractivity contribution in [3.05, 3.63) is 0 Å². The summed E-state index contributed by atoms with van der Waals surface area (Å²) in [5.41, 5.74) is 0. The number of nitriles is 1. The fraction of sp³-hybridized carbons (Fsp3) is 0.733. The summed E-state index contributed by atoms with van der Waals surface area (Å²) in [5.74, 6) is -1.37. The number of unbranched alkanes of at least 4 members (excludes halogenated alkanes) is 2. The van der Waals surface area contributed by atoms with Crippen molar-refractivity contribution in [1.82, 2.24) is 10.6 Å². The number of rotatable bonds is 9. The second kappa shape index (κ2) is 10.6. The Bertz CT molecular complexity index is 429. The molecule has 0 aliphatic heterocycles. The third-order valence-corrected chi connectivity index (χ3v) is 3.14. The third kappa shape index (κ3) is 7.62. The van der Waals surface area contributed by atoms with Crippen molar-refractivity contribution < 1.29 is 19.1 Å². The van der Waals surface area contributed by atoms with E-state index in [4.69, 9.17) is 5.26 Å². The number of hydrogen-bond donors (Lipinski definition) is 2. The van der Waals surface area contributed by atoms with E-state index in [-0.39, 0.29) is 11.8 Å². The largest absolute Gasteiger partial charge is 0.467 e. The average molecular weight is 311 g/mol. The molecule has 124 valence electrons. The normalized spacial score (nSPS) is 12.9. The smallest absolute Gasteiger partial charge is 0.328 e. The summed E-state index contributed by atoms with van der Waals surface area (Å²) < 4.78 is 4.69. The van der Waals surface area contributed by atoms with Crippen molar-refractivity contribution in [2.45, 2.75) is 58.5 Å². The third-order valence-electron chi connectivity index (χ3n) is 3.14. The molecule has 7 nitrogen and oxygen atoms in total. The predicted octanol–water partition coefficient (Wildman–Crippen LogP) is 0.889. The Balaban J connectivity index is 4.73. The van der Waals surface area contributed by atoms with E-state index in [0.717, 1.165) is 0 Å². The second-order valence-electron chi connectivity index (χ2n) is 5.41. The highest BCUT2D eigenvalue weighted by Crippen LogP contribution is 2.08. The molecule has 0 aromatic heterocycles. The second-order valence-corrected chi connectivity index (χ2v) is 5.41. The van der Waals surface area contributed by atoms with Crippen molar-refractivity contribution in [3.8, 4) is 6.07 Å². The molecule has 0 rings (SSSR count). The molecule has 0 radical (unpaired) electrons. The van der Waals surface area contributed by atoms with Gasteiger partial charge in [0.05, 0.1) is 13.2 Å². The van der Waals surface area contributed by atoms with Crippen molar-refractivity contribution in [2.75, 3.05) is 7.11 Å².